The number of anilines is 1. The topological polar surface area (TPSA) is 75.2 Å². The van der Waals surface area contributed by atoms with Crippen molar-refractivity contribution in [3.63, 3.8) is 0 Å². The number of nitrogens with one attached hydrogen (secondary N) is 1. The number of hydrogen-bond donors (Lipinski definition) is 1. The van der Waals surface area contributed by atoms with Crippen LogP contribution < -0.4 is 5.32 Å². The van der Waals surface area contributed by atoms with E-state index in [9.17, 15) is 8.42 Å². The lowest BCUT2D eigenvalue weighted by Gasteiger charge is -2.19. The van der Waals surface area contributed by atoms with Gasteiger partial charge in [-0.15, -0.1) is 0 Å². The molecule has 3 rings (SSSR count). The molecule has 2 heterocycles. The summed E-state index contributed by atoms with van der Waals surface area (Å²) in [6.07, 6.45) is 3.69. The lowest BCUT2D eigenvalue weighted by Crippen LogP contribution is -2.32. The molecule has 1 N–H and O–H groups in total. The molecule has 0 unspecified atom stereocenters. The van der Waals surface area contributed by atoms with Gasteiger partial charge < -0.3 is 5.32 Å². The summed E-state index contributed by atoms with van der Waals surface area (Å²) in [5.74, 6) is 1.61. The van der Waals surface area contributed by atoms with Crippen molar-refractivity contribution >= 4 is 16.0 Å². The van der Waals surface area contributed by atoms with E-state index in [0.29, 0.717) is 30.9 Å². The minimum atomic E-state index is -3.13. The standard InChI is InChI=1S/C14H22N4O2S/c1-9-6-10(2)16-14(15-9)17-13-8-18(21(3,19)20)7-12(13)11-4-5-11/h6,11-13H,4-5,7-8H2,1-3H3,(H,15,16,17)/t12-,13+/m0/s1. The van der Waals surface area contributed by atoms with Crippen LogP contribution in [0.4, 0.5) is 5.95 Å². The molecule has 0 aromatic carbocycles. The average molecular weight is 310 g/mol. The molecule has 2 fully saturated rings. The van der Waals surface area contributed by atoms with Crippen LogP contribution in [-0.2, 0) is 10.0 Å². The van der Waals surface area contributed by atoms with E-state index in [1.54, 1.807) is 4.31 Å². The summed E-state index contributed by atoms with van der Waals surface area (Å²) in [6, 6.07) is 2.04. The van der Waals surface area contributed by atoms with Gasteiger partial charge in [0.25, 0.3) is 0 Å². The molecule has 0 spiro atoms. The van der Waals surface area contributed by atoms with Gasteiger partial charge in [0.1, 0.15) is 0 Å². The molecular weight excluding hydrogens is 288 g/mol. The van der Waals surface area contributed by atoms with E-state index in [4.69, 9.17) is 0 Å². The van der Waals surface area contributed by atoms with Crippen LogP contribution >= 0.6 is 0 Å². The zero-order chi connectivity index (χ0) is 15.2. The molecular formula is C14H22N4O2S. The summed E-state index contributed by atoms with van der Waals surface area (Å²) in [5, 5.41) is 3.37. The van der Waals surface area contributed by atoms with Gasteiger partial charge >= 0.3 is 0 Å². The first-order valence-electron chi connectivity index (χ1n) is 7.37. The van der Waals surface area contributed by atoms with Crippen LogP contribution in [0.25, 0.3) is 0 Å². The number of aryl methyl sites for hydroxylation is 2. The fourth-order valence-electron chi connectivity index (χ4n) is 3.17. The highest BCUT2D eigenvalue weighted by Gasteiger charge is 2.45. The van der Waals surface area contributed by atoms with Crippen LogP contribution in [-0.4, -0.2) is 48.1 Å². The van der Waals surface area contributed by atoms with Crippen LogP contribution in [0.1, 0.15) is 24.2 Å². The van der Waals surface area contributed by atoms with Crippen molar-refractivity contribution in [3.05, 3.63) is 17.5 Å². The van der Waals surface area contributed by atoms with Gasteiger partial charge in [0, 0.05) is 30.5 Å². The Labute approximate surface area is 126 Å². The molecule has 7 heteroatoms. The predicted molar refractivity (Wildman–Crippen MR) is 81.5 cm³/mol. The third kappa shape index (κ3) is 3.35. The molecule has 6 nitrogen and oxygen atoms in total. The summed E-state index contributed by atoms with van der Waals surface area (Å²) >= 11 is 0. The molecule has 1 aliphatic heterocycles. The SMILES string of the molecule is Cc1cc(C)nc(N[C@@H]2CN(S(C)(=O)=O)C[C@H]2C2CC2)n1. The van der Waals surface area contributed by atoms with Crippen molar-refractivity contribution in [2.24, 2.45) is 11.8 Å². The first kappa shape index (κ1) is 14.7. The highest BCUT2D eigenvalue weighted by Crippen LogP contribution is 2.42. The molecule has 0 radical (unpaired) electrons. The van der Waals surface area contributed by atoms with Crippen molar-refractivity contribution < 1.29 is 8.42 Å². The van der Waals surface area contributed by atoms with Gasteiger partial charge in [0.2, 0.25) is 16.0 Å². The maximum atomic E-state index is 11.8. The second-order valence-electron chi connectivity index (χ2n) is 6.31. The minimum Gasteiger partial charge on any atom is -0.350 e. The number of hydrogen-bond acceptors (Lipinski definition) is 5. The molecule has 1 aromatic heterocycles. The Morgan fingerprint density at radius 2 is 1.81 bits per heavy atom. The molecule has 21 heavy (non-hydrogen) atoms. The highest BCUT2D eigenvalue weighted by atomic mass is 32.2. The molecule has 0 bridgehead atoms. The quantitative estimate of drug-likeness (QED) is 0.903. The van der Waals surface area contributed by atoms with Crippen LogP contribution in [0.3, 0.4) is 0 Å². The average Bonchev–Trinajstić information content (AvgIpc) is 3.08. The van der Waals surface area contributed by atoms with E-state index >= 15 is 0 Å². The fraction of sp³-hybridized carbons (Fsp3) is 0.714. The fourth-order valence-corrected chi connectivity index (χ4v) is 4.05. The highest BCUT2D eigenvalue weighted by molar-refractivity contribution is 7.88. The summed E-state index contributed by atoms with van der Waals surface area (Å²) in [5.41, 5.74) is 1.84. The molecule has 1 saturated heterocycles. The monoisotopic (exact) mass is 310 g/mol. The molecule has 0 amide bonds. The predicted octanol–water partition coefficient (Wildman–Crippen LogP) is 1.18. The Morgan fingerprint density at radius 3 is 2.33 bits per heavy atom. The van der Waals surface area contributed by atoms with Crippen molar-refractivity contribution in [2.75, 3.05) is 24.7 Å². The van der Waals surface area contributed by atoms with E-state index in [-0.39, 0.29) is 6.04 Å². The second-order valence-corrected chi connectivity index (χ2v) is 8.29. The molecule has 116 valence electrons. The van der Waals surface area contributed by atoms with E-state index in [0.717, 1.165) is 11.4 Å². The van der Waals surface area contributed by atoms with Crippen molar-refractivity contribution in [1.82, 2.24) is 14.3 Å². The summed E-state index contributed by atoms with van der Waals surface area (Å²) in [6.45, 7) is 5.01. The molecule has 1 aromatic rings. The summed E-state index contributed by atoms with van der Waals surface area (Å²) in [7, 11) is -3.13. The van der Waals surface area contributed by atoms with E-state index in [1.807, 2.05) is 19.9 Å². The second kappa shape index (κ2) is 5.21. The Morgan fingerprint density at radius 1 is 1.19 bits per heavy atom. The third-order valence-corrected chi connectivity index (χ3v) is 5.56. The largest absolute Gasteiger partial charge is 0.350 e. The summed E-state index contributed by atoms with van der Waals surface area (Å²) in [4.78, 5) is 8.82. The van der Waals surface area contributed by atoms with Crippen LogP contribution in [0, 0.1) is 25.7 Å². The maximum Gasteiger partial charge on any atom is 0.223 e. The third-order valence-electron chi connectivity index (χ3n) is 4.32. The number of aromatic nitrogens is 2. The van der Waals surface area contributed by atoms with Gasteiger partial charge in [-0.25, -0.2) is 18.4 Å². The Bertz CT molecular complexity index is 622. The zero-order valence-corrected chi connectivity index (χ0v) is 13.5. The van der Waals surface area contributed by atoms with Crippen molar-refractivity contribution in [3.8, 4) is 0 Å². The first-order chi connectivity index (χ1) is 9.83. The van der Waals surface area contributed by atoms with Crippen LogP contribution in [0.5, 0.6) is 0 Å². The lowest BCUT2D eigenvalue weighted by molar-refractivity contribution is 0.435. The first-order valence-corrected chi connectivity index (χ1v) is 9.22. The molecule has 1 saturated carbocycles. The van der Waals surface area contributed by atoms with Crippen LogP contribution in [0.2, 0.25) is 0 Å². The Balaban J connectivity index is 1.79. The molecule has 2 atom stereocenters. The number of rotatable bonds is 4. The van der Waals surface area contributed by atoms with Crippen molar-refractivity contribution in [1.29, 1.82) is 0 Å². The van der Waals surface area contributed by atoms with Gasteiger partial charge in [0.15, 0.2) is 0 Å². The van der Waals surface area contributed by atoms with E-state index in [1.165, 1.54) is 19.1 Å². The molecule has 2 aliphatic rings. The number of sulfonamides is 1. The minimum absolute atomic E-state index is 0.105. The van der Waals surface area contributed by atoms with Gasteiger partial charge in [0.05, 0.1) is 6.26 Å². The number of nitrogens with zero attached hydrogens (tertiary/aromatic N) is 3. The van der Waals surface area contributed by atoms with Gasteiger partial charge in [-0.1, -0.05) is 0 Å². The Hall–Kier alpha value is -1.21. The van der Waals surface area contributed by atoms with Gasteiger partial charge in [-0.3, -0.25) is 0 Å². The zero-order valence-electron chi connectivity index (χ0n) is 12.7. The maximum absolute atomic E-state index is 11.8. The van der Waals surface area contributed by atoms with E-state index in [2.05, 4.69) is 15.3 Å². The smallest absolute Gasteiger partial charge is 0.223 e. The van der Waals surface area contributed by atoms with Crippen molar-refractivity contribution in [2.45, 2.75) is 32.7 Å². The van der Waals surface area contributed by atoms with Gasteiger partial charge in [-0.2, -0.15) is 4.31 Å². The van der Waals surface area contributed by atoms with Crippen LogP contribution in [0.15, 0.2) is 6.07 Å². The molecule has 1 aliphatic carbocycles. The lowest BCUT2D eigenvalue weighted by atomic mass is 9.98. The van der Waals surface area contributed by atoms with E-state index < -0.39 is 10.0 Å². The van der Waals surface area contributed by atoms with Gasteiger partial charge in [-0.05, 0) is 44.6 Å². The normalized spacial score (nSPS) is 27.0. The Kier molecular flexibility index (Phi) is 3.65. The summed E-state index contributed by atoms with van der Waals surface area (Å²) < 4.78 is 25.2.